The van der Waals surface area contributed by atoms with Gasteiger partial charge in [0.05, 0.1) is 12.3 Å². The van der Waals surface area contributed by atoms with Crippen LogP contribution in [0.3, 0.4) is 0 Å². The zero-order valence-corrected chi connectivity index (χ0v) is 14.6. The summed E-state index contributed by atoms with van der Waals surface area (Å²) in [6.07, 6.45) is 1.36. The SMILES string of the molecule is C/C(=N\[S@+]([O-])C(C)(C)C)c1ccc(OCC2CC(F)(F)C2)nc1. The average molecular weight is 344 g/mol. The second kappa shape index (κ2) is 6.73. The lowest BCUT2D eigenvalue weighted by Crippen LogP contribution is -2.38. The molecule has 1 saturated carbocycles. The maximum atomic E-state index is 12.7. The Morgan fingerprint density at radius 3 is 2.57 bits per heavy atom. The highest BCUT2D eigenvalue weighted by molar-refractivity contribution is 7.91. The fourth-order valence-electron chi connectivity index (χ4n) is 2.10. The highest BCUT2D eigenvalue weighted by Crippen LogP contribution is 2.42. The fraction of sp³-hybridized carbons (Fsp3) is 0.625. The number of hydrogen-bond acceptors (Lipinski definition) is 4. The molecule has 0 aliphatic heterocycles. The standard InChI is InChI=1S/C16H22F2N2O2S/c1-11(20-23(21)15(2,3)4)13-5-6-14(19-9-13)22-10-12-7-16(17,18)8-12/h5-6,9,12H,7-8,10H2,1-4H3/b20-11+/t23-/m1/s1. The van der Waals surface area contributed by atoms with Gasteiger partial charge in [0.15, 0.2) is 0 Å². The van der Waals surface area contributed by atoms with Crippen LogP contribution in [0.4, 0.5) is 8.78 Å². The van der Waals surface area contributed by atoms with Crippen molar-refractivity contribution in [3.63, 3.8) is 0 Å². The lowest BCUT2D eigenvalue weighted by Gasteiger charge is -2.34. The summed E-state index contributed by atoms with van der Waals surface area (Å²) in [5, 5.41) is 0. The van der Waals surface area contributed by atoms with Crippen LogP contribution in [0.5, 0.6) is 5.88 Å². The van der Waals surface area contributed by atoms with Gasteiger partial charge in [0.2, 0.25) is 11.8 Å². The molecule has 0 unspecified atom stereocenters. The van der Waals surface area contributed by atoms with E-state index in [0.717, 1.165) is 5.56 Å². The Hall–Kier alpha value is -1.21. The van der Waals surface area contributed by atoms with E-state index in [-0.39, 0.29) is 25.4 Å². The molecule has 0 amide bonds. The molecule has 1 aromatic rings. The van der Waals surface area contributed by atoms with E-state index < -0.39 is 22.0 Å². The molecule has 1 aromatic heterocycles. The number of nitrogens with zero attached hydrogens (tertiary/aromatic N) is 2. The molecule has 0 saturated heterocycles. The molecule has 0 aromatic carbocycles. The Morgan fingerprint density at radius 2 is 2.09 bits per heavy atom. The van der Waals surface area contributed by atoms with E-state index in [9.17, 15) is 13.3 Å². The monoisotopic (exact) mass is 344 g/mol. The summed E-state index contributed by atoms with van der Waals surface area (Å²) in [6.45, 7) is 7.61. The van der Waals surface area contributed by atoms with Crippen molar-refractivity contribution >= 4 is 17.1 Å². The predicted octanol–water partition coefficient (Wildman–Crippen LogP) is 3.78. The van der Waals surface area contributed by atoms with Gasteiger partial charge in [-0.1, -0.05) is 4.40 Å². The first-order chi connectivity index (χ1) is 10.6. The Balaban J connectivity index is 1.90. The van der Waals surface area contributed by atoms with Crippen LogP contribution in [-0.4, -0.2) is 32.5 Å². The third kappa shape index (κ3) is 5.14. The molecule has 7 heteroatoms. The van der Waals surface area contributed by atoms with Gasteiger partial charge in [0.1, 0.15) is 16.1 Å². The van der Waals surface area contributed by atoms with Crippen molar-refractivity contribution in [1.82, 2.24) is 4.98 Å². The molecule has 1 atom stereocenters. The third-order valence-corrected chi connectivity index (χ3v) is 5.03. The molecule has 0 radical (unpaired) electrons. The summed E-state index contributed by atoms with van der Waals surface area (Å²) in [7, 11) is 0. The zero-order valence-electron chi connectivity index (χ0n) is 13.8. The normalized spacial score (nSPS) is 20.0. The Labute approximate surface area is 138 Å². The summed E-state index contributed by atoms with van der Waals surface area (Å²) >= 11 is -1.33. The van der Waals surface area contributed by atoms with Gasteiger partial charge in [-0.2, -0.15) is 0 Å². The molecule has 2 rings (SSSR count). The highest BCUT2D eigenvalue weighted by atomic mass is 32.2. The first kappa shape index (κ1) is 18.1. The van der Waals surface area contributed by atoms with Crippen LogP contribution in [0, 0.1) is 5.92 Å². The van der Waals surface area contributed by atoms with E-state index in [2.05, 4.69) is 9.38 Å². The molecule has 128 valence electrons. The summed E-state index contributed by atoms with van der Waals surface area (Å²) < 4.78 is 46.7. The first-order valence-corrected chi connectivity index (χ1v) is 8.62. The number of halogens is 2. The van der Waals surface area contributed by atoms with Gasteiger partial charge in [0.25, 0.3) is 0 Å². The molecular formula is C16H22F2N2O2S. The van der Waals surface area contributed by atoms with Crippen molar-refractivity contribution in [1.29, 1.82) is 0 Å². The minimum Gasteiger partial charge on any atom is -0.591 e. The van der Waals surface area contributed by atoms with Crippen molar-refractivity contribution in [3.05, 3.63) is 23.9 Å². The summed E-state index contributed by atoms with van der Waals surface area (Å²) in [4.78, 5) is 4.15. The van der Waals surface area contributed by atoms with E-state index in [0.29, 0.717) is 11.6 Å². The van der Waals surface area contributed by atoms with Crippen molar-refractivity contribution in [2.24, 2.45) is 10.3 Å². The number of hydrogen-bond donors (Lipinski definition) is 0. The fourth-order valence-corrected chi connectivity index (χ4v) is 2.73. The van der Waals surface area contributed by atoms with Crippen molar-refractivity contribution in [2.75, 3.05) is 6.61 Å². The number of alkyl halides is 2. The van der Waals surface area contributed by atoms with Crippen LogP contribution in [0.25, 0.3) is 0 Å². The number of ether oxygens (including phenoxy) is 1. The van der Waals surface area contributed by atoms with Gasteiger partial charge < -0.3 is 9.29 Å². The summed E-state index contributed by atoms with van der Waals surface area (Å²) in [5.74, 6) is -2.24. The largest absolute Gasteiger partial charge is 0.591 e. The maximum absolute atomic E-state index is 12.7. The molecule has 0 N–H and O–H groups in total. The maximum Gasteiger partial charge on any atom is 0.248 e. The molecule has 0 bridgehead atoms. The molecule has 0 spiro atoms. The van der Waals surface area contributed by atoms with Gasteiger partial charge in [0, 0.05) is 36.6 Å². The molecule has 1 fully saturated rings. The van der Waals surface area contributed by atoms with Crippen molar-refractivity contribution < 1.29 is 18.1 Å². The van der Waals surface area contributed by atoms with Gasteiger partial charge in [-0.05, 0) is 33.8 Å². The number of aromatic nitrogens is 1. The highest BCUT2D eigenvalue weighted by Gasteiger charge is 2.45. The lowest BCUT2D eigenvalue weighted by atomic mass is 9.82. The van der Waals surface area contributed by atoms with Crippen LogP contribution >= 0.6 is 0 Å². The third-order valence-electron chi connectivity index (χ3n) is 3.54. The van der Waals surface area contributed by atoms with Crippen LogP contribution in [0.2, 0.25) is 0 Å². The Morgan fingerprint density at radius 1 is 1.43 bits per heavy atom. The molecule has 1 heterocycles. The molecule has 1 aliphatic rings. The minimum atomic E-state index is -2.53. The van der Waals surface area contributed by atoms with Crippen LogP contribution < -0.4 is 4.74 Å². The van der Waals surface area contributed by atoms with E-state index in [4.69, 9.17) is 4.74 Å². The van der Waals surface area contributed by atoms with Gasteiger partial charge >= 0.3 is 0 Å². The Kier molecular flexibility index (Phi) is 5.30. The lowest BCUT2D eigenvalue weighted by molar-refractivity contribution is -0.119. The van der Waals surface area contributed by atoms with Crippen molar-refractivity contribution in [2.45, 2.75) is 51.2 Å². The molecule has 23 heavy (non-hydrogen) atoms. The van der Waals surface area contributed by atoms with Crippen LogP contribution in [0.1, 0.15) is 46.1 Å². The molecule has 1 aliphatic carbocycles. The topological polar surface area (TPSA) is 57.5 Å². The first-order valence-electron chi connectivity index (χ1n) is 7.51. The smallest absolute Gasteiger partial charge is 0.248 e. The average Bonchev–Trinajstić information content (AvgIpc) is 2.42. The summed E-state index contributed by atoms with van der Waals surface area (Å²) in [6, 6.07) is 3.45. The summed E-state index contributed by atoms with van der Waals surface area (Å²) in [5.41, 5.74) is 1.39. The quantitative estimate of drug-likeness (QED) is 0.603. The molecular weight excluding hydrogens is 322 g/mol. The van der Waals surface area contributed by atoms with Crippen molar-refractivity contribution in [3.8, 4) is 5.88 Å². The van der Waals surface area contributed by atoms with Gasteiger partial charge in [-0.15, -0.1) is 0 Å². The van der Waals surface area contributed by atoms with E-state index in [1.165, 1.54) is 0 Å². The second-order valence-electron chi connectivity index (χ2n) is 6.86. The van der Waals surface area contributed by atoms with E-state index in [1.54, 1.807) is 25.3 Å². The Bertz CT molecular complexity index is 562. The van der Waals surface area contributed by atoms with Gasteiger partial charge in [-0.25, -0.2) is 13.8 Å². The van der Waals surface area contributed by atoms with E-state index >= 15 is 0 Å². The van der Waals surface area contributed by atoms with Gasteiger partial charge in [-0.3, -0.25) is 0 Å². The van der Waals surface area contributed by atoms with Crippen LogP contribution in [-0.2, 0) is 11.4 Å². The predicted molar refractivity (Wildman–Crippen MR) is 87.5 cm³/mol. The zero-order chi connectivity index (χ0) is 17.3. The minimum absolute atomic E-state index is 0.107. The van der Waals surface area contributed by atoms with E-state index in [1.807, 2.05) is 20.8 Å². The second-order valence-corrected chi connectivity index (χ2v) is 8.77. The molecule has 4 nitrogen and oxygen atoms in total. The number of rotatable bonds is 5. The van der Waals surface area contributed by atoms with Crippen LogP contribution in [0.15, 0.2) is 22.7 Å². The number of pyridine rings is 1.